The molecule has 2 aliphatic rings. The smallest absolute Gasteiger partial charge is 0.208 e. The molecule has 0 aliphatic carbocycles. The number of fused-ring (bicyclic) bond motifs is 2. The van der Waals surface area contributed by atoms with Crippen LogP contribution in [-0.2, 0) is 9.84 Å². The second kappa shape index (κ2) is 7.43. The molecule has 0 radical (unpaired) electrons. The minimum Gasteiger partial charge on any atom is -0.365 e. The number of pyridine rings is 1. The van der Waals surface area contributed by atoms with Crippen LogP contribution >= 0.6 is 0 Å². The Hall–Kier alpha value is -2.44. The van der Waals surface area contributed by atoms with Crippen LogP contribution in [0.1, 0.15) is 25.7 Å². The van der Waals surface area contributed by atoms with Gasteiger partial charge < -0.3 is 10.2 Å². The highest BCUT2D eigenvalue weighted by Crippen LogP contribution is 2.34. The molecule has 0 bridgehead atoms. The molecular formula is C23H25N3O2S. The maximum absolute atomic E-state index is 13.0. The van der Waals surface area contributed by atoms with Crippen LogP contribution in [0.2, 0.25) is 0 Å². The van der Waals surface area contributed by atoms with Crippen molar-refractivity contribution in [3.8, 4) is 0 Å². The number of para-hydroxylation sites is 1. The topological polar surface area (TPSA) is 62.3 Å². The van der Waals surface area contributed by atoms with Crippen molar-refractivity contribution < 1.29 is 8.42 Å². The van der Waals surface area contributed by atoms with Crippen molar-refractivity contribution in [1.82, 2.24) is 10.3 Å². The van der Waals surface area contributed by atoms with E-state index in [-0.39, 0.29) is 4.90 Å². The van der Waals surface area contributed by atoms with Crippen LogP contribution in [0.4, 0.5) is 5.69 Å². The first kappa shape index (κ1) is 18.6. The maximum Gasteiger partial charge on any atom is 0.208 e. The van der Waals surface area contributed by atoms with E-state index in [1.807, 2.05) is 18.2 Å². The summed E-state index contributed by atoms with van der Waals surface area (Å²) in [6.07, 6.45) is 6.27. The van der Waals surface area contributed by atoms with Gasteiger partial charge in [0.15, 0.2) is 0 Å². The second-order valence-corrected chi connectivity index (χ2v) is 9.89. The quantitative estimate of drug-likeness (QED) is 0.716. The van der Waals surface area contributed by atoms with Crippen LogP contribution in [0.15, 0.2) is 70.6 Å². The molecular weight excluding hydrogens is 382 g/mol. The molecule has 1 N–H and O–H groups in total. The van der Waals surface area contributed by atoms with E-state index in [0.717, 1.165) is 36.1 Å². The average molecular weight is 408 g/mol. The van der Waals surface area contributed by atoms with E-state index >= 15 is 0 Å². The van der Waals surface area contributed by atoms with Gasteiger partial charge in [0.05, 0.1) is 21.0 Å². The molecule has 3 aromatic rings. The molecule has 29 heavy (non-hydrogen) atoms. The highest BCUT2D eigenvalue weighted by Gasteiger charge is 2.34. The minimum atomic E-state index is -3.57. The Balaban J connectivity index is 1.56. The molecule has 5 rings (SSSR count). The molecule has 2 atom stereocenters. The molecule has 6 heteroatoms. The van der Waals surface area contributed by atoms with Gasteiger partial charge in [-0.1, -0.05) is 30.3 Å². The summed E-state index contributed by atoms with van der Waals surface area (Å²) in [5, 5.41) is 4.54. The lowest BCUT2D eigenvalue weighted by molar-refractivity contribution is 0.285. The third-order valence-corrected chi connectivity index (χ3v) is 7.94. The Morgan fingerprint density at radius 3 is 2.69 bits per heavy atom. The molecule has 1 aromatic heterocycles. The summed E-state index contributed by atoms with van der Waals surface area (Å²) in [5.41, 5.74) is 2.00. The van der Waals surface area contributed by atoms with Crippen molar-refractivity contribution in [3.63, 3.8) is 0 Å². The molecule has 150 valence electrons. The summed E-state index contributed by atoms with van der Waals surface area (Å²) in [6.45, 7) is 2.12. The average Bonchev–Trinajstić information content (AvgIpc) is 2.78. The van der Waals surface area contributed by atoms with E-state index in [9.17, 15) is 8.42 Å². The van der Waals surface area contributed by atoms with Gasteiger partial charge in [0.25, 0.3) is 0 Å². The number of hydrogen-bond donors (Lipinski definition) is 1. The minimum absolute atomic E-state index is 0.240. The summed E-state index contributed by atoms with van der Waals surface area (Å²) in [7, 11) is -3.57. The number of anilines is 1. The number of benzene rings is 2. The van der Waals surface area contributed by atoms with Gasteiger partial charge in [0.2, 0.25) is 9.84 Å². The first-order chi connectivity index (χ1) is 14.1. The van der Waals surface area contributed by atoms with E-state index in [2.05, 4.69) is 21.3 Å². The highest BCUT2D eigenvalue weighted by atomic mass is 32.2. The predicted octanol–water partition coefficient (Wildman–Crippen LogP) is 3.79. The zero-order valence-corrected chi connectivity index (χ0v) is 17.1. The summed E-state index contributed by atoms with van der Waals surface area (Å²) >= 11 is 0. The summed E-state index contributed by atoms with van der Waals surface area (Å²) in [4.78, 5) is 7.67. The fourth-order valence-electron chi connectivity index (χ4n) is 4.79. The maximum atomic E-state index is 13.0. The van der Waals surface area contributed by atoms with Gasteiger partial charge in [-0.05, 0) is 56.5 Å². The van der Waals surface area contributed by atoms with E-state index in [1.165, 1.54) is 25.5 Å². The van der Waals surface area contributed by atoms with Crippen LogP contribution in [0.3, 0.4) is 0 Å². The van der Waals surface area contributed by atoms with Gasteiger partial charge in [-0.3, -0.25) is 4.98 Å². The Kier molecular flexibility index (Phi) is 4.76. The number of hydrogen-bond acceptors (Lipinski definition) is 5. The number of rotatable bonds is 3. The van der Waals surface area contributed by atoms with Crippen LogP contribution in [-0.4, -0.2) is 38.6 Å². The first-order valence-electron chi connectivity index (χ1n) is 10.3. The largest absolute Gasteiger partial charge is 0.365 e. The van der Waals surface area contributed by atoms with Crippen LogP contribution in [0.5, 0.6) is 0 Å². The highest BCUT2D eigenvalue weighted by molar-refractivity contribution is 7.91. The Morgan fingerprint density at radius 2 is 1.83 bits per heavy atom. The summed E-state index contributed by atoms with van der Waals surface area (Å²) < 4.78 is 26.0. The zero-order chi connectivity index (χ0) is 19.8. The summed E-state index contributed by atoms with van der Waals surface area (Å²) in [5.74, 6) is 0. The standard InChI is InChI=1S/C23H25N3O2S/c27-29(28,18-8-2-1-3-9-18)19-15-17-7-4-11-22(23(17)25-16-19)26-14-6-10-20-21(26)12-5-13-24-20/h1-4,7-9,11,15-16,20-21,24H,5-6,10,12-14H2. The monoisotopic (exact) mass is 407 g/mol. The Morgan fingerprint density at radius 1 is 0.966 bits per heavy atom. The molecule has 0 saturated carbocycles. The van der Waals surface area contributed by atoms with Gasteiger partial charge in [-0.25, -0.2) is 8.42 Å². The van der Waals surface area contributed by atoms with Gasteiger partial charge >= 0.3 is 0 Å². The lowest BCUT2D eigenvalue weighted by atomic mass is 9.89. The Labute approximate surface area is 171 Å². The molecule has 0 spiro atoms. The van der Waals surface area contributed by atoms with Crippen LogP contribution < -0.4 is 10.2 Å². The summed E-state index contributed by atoms with van der Waals surface area (Å²) in [6, 6.07) is 17.4. The normalized spacial score (nSPS) is 22.4. The molecule has 0 amide bonds. The molecule has 2 saturated heterocycles. The SMILES string of the molecule is O=S(=O)(c1ccccc1)c1cnc2c(N3CCCC4NCCCC43)cccc2c1. The molecule has 2 aromatic carbocycles. The first-order valence-corrected chi connectivity index (χ1v) is 11.8. The van der Waals surface area contributed by atoms with Crippen molar-refractivity contribution in [2.24, 2.45) is 0 Å². The number of nitrogens with one attached hydrogen (secondary N) is 1. The van der Waals surface area contributed by atoms with Crippen LogP contribution in [0, 0.1) is 0 Å². The fraction of sp³-hybridized carbons (Fsp3) is 0.348. The van der Waals surface area contributed by atoms with E-state index in [0.29, 0.717) is 17.0 Å². The lowest BCUT2D eigenvalue weighted by Crippen LogP contribution is -2.57. The van der Waals surface area contributed by atoms with Gasteiger partial charge in [-0.2, -0.15) is 0 Å². The third-order valence-electron chi connectivity index (χ3n) is 6.20. The zero-order valence-electron chi connectivity index (χ0n) is 16.3. The lowest BCUT2D eigenvalue weighted by Gasteiger charge is -2.46. The van der Waals surface area contributed by atoms with Crippen molar-refractivity contribution in [1.29, 1.82) is 0 Å². The predicted molar refractivity (Wildman–Crippen MR) is 115 cm³/mol. The van der Waals surface area contributed by atoms with E-state index < -0.39 is 9.84 Å². The number of nitrogens with zero attached hydrogens (tertiary/aromatic N) is 2. The van der Waals surface area contributed by atoms with Crippen LogP contribution in [0.25, 0.3) is 10.9 Å². The molecule has 3 heterocycles. The van der Waals surface area contributed by atoms with Crippen molar-refractivity contribution >= 4 is 26.4 Å². The number of aromatic nitrogens is 1. The van der Waals surface area contributed by atoms with E-state index in [1.54, 1.807) is 30.3 Å². The molecule has 2 fully saturated rings. The van der Waals surface area contributed by atoms with Gasteiger partial charge in [0.1, 0.15) is 0 Å². The number of piperidine rings is 2. The molecule has 5 nitrogen and oxygen atoms in total. The molecule has 2 unspecified atom stereocenters. The second-order valence-electron chi connectivity index (χ2n) is 7.94. The van der Waals surface area contributed by atoms with Crippen molar-refractivity contribution in [3.05, 3.63) is 60.8 Å². The van der Waals surface area contributed by atoms with Gasteiger partial charge in [0, 0.05) is 30.2 Å². The fourth-order valence-corrected chi connectivity index (χ4v) is 6.05. The number of sulfone groups is 1. The van der Waals surface area contributed by atoms with Gasteiger partial charge in [-0.15, -0.1) is 0 Å². The Bertz CT molecular complexity index is 1130. The van der Waals surface area contributed by atoms with E-state index in [4.69, 9.17) is 0 Å². The van der Waals surface area contributed by atoms with Crippen molar-refractivity contribution in [2.45, 2.75) is 47.6 Å². The van der Waals surface area contributed by atoms with Crippen molar-refractivity contribution in [2.75, 3.05) is 18.0 Å². The third kappa shape index (κ3) is 3.30. The molecule has 2 aliphatic heterocycles.